The zero-order valence-electron chi connectivity index (χ0n) is 9.91. The Bertz CT molecular complexity index is 730. The van der Waals surface area contributed by atoms with Gasteiger partial charge in [0.15, 0.2) is 0 Å². The van der Waals surface area contributed by atoms with Crippen molar-refractivity contribution in [1.82, 2.24) is 0 Å². The van der Waals surface area contributed by atoms with Gasteiger partial charge in [0.1, 0.15) is 11.3 Å². The molecule has 3 heteroatoms. The molecule has 0 unspecified atom stereocenters. The molecule has 0 saturated heterocycles. The Kier molecular flexibility index (Phi) is 2.53. The van der Waals surface area contributed by atoms with Crippen LogP contribution >= 0.6 is 11.6 Å². The first kappa shape index (κ1) is 11.2. The maximum atomic E-state index is 5.91. The summed E-state index contributed by atoms with van der Waals surface area (Å²) in [6.45, 7) is 2.06. The highest BCUT2D eigenvalue weighted by Gasteiger charge is 2.07. The Balaban J connectivity index is 2.16. The van der Waals surface area contributed by atoms with Gasteiger partial charge in [0, 0.05) is 10.9 Å². The fraction of sp³-hybridized carbons (Fsp3) is 0.0667. The predicted octanol–water partition coefficient (Wildman–Crippen LogP) is 4.64. The molecule has 1 aromatic heterocycles. The highest BCUT2D eigenvalue weighted by molar-refractivity contribution is 6.33. The minimum Gasteiger partial charge on any atom is -0.456 e. The van der Waals surface area contributed by atoms with Crippen LogP contribution in [-0.2, 0) is 0 Å². The number of rotatable bonds is 1. The lowest BCUT2D eigenvalue weighted by Crippen LogP contribution is -1.86. The van der Waals surface area contributed by atoms with E-state index in [0.29, 0.717) is 10.7 Å². The zero-order chi connectivity index (χ0) is 12.7. The van der Waals surface area contributed by atoms with Crippen molar-refractivity contribution in [2.24, 2.45) is 0 Å². The van der Waals surface area contributed by atoms with Gasteiger partial charge >= 0.3 is 0 Å². The number of hydrogen-bond acceptors (Lipinski definition) is 2. The van der Waals surface area contributed by atoms with Crippen LogP contribution in [0.15, 0.2) is 46.9 Å². The number of nitrogen functional groups attached to an aromatic ring is 1. The van der Waals surface area contributed by atoms with Gasteiger partial charge in [0.05, 0.1) is 10.7 Å². The van der Waals surface area contributed by atoms with E-state index in [-0.39, 0.29) is 0 Å². The molecule has 3 rings (SSSR count). The Morgan fingerprint density at radius 1 is 1.06 bits per heavy atom. The van der Waals surface area contributed by atoms with Crippen LogP contribution in [-0.4, -0.2) is 0 Å². The lowest BCUT2D eigenvalue weighted by Gasteiger charge is -2.00. The van der Waals surface area contributed by atoms with Crippen LogP contribution < -0.4 is 5.73 Å². The van der Waals surface area contributed by atoms with E-state index >= 15 is 0 Å². The molecule has 3 aromatic rings. The second-order valence-electron chi connectivity index (χ2n) is 4.39. The maximum Gasteiger partial charge on any atom is 0.135 e. The molecule has 0 aliphatic rings. The van der Waals surface area contributed by atoms with E-state index in [1.807, 2.05) is 30.3 Å². The number of furan rings is 1. The van der Waals surface area contributed by atoms with Crippen LogP contribution in [0.4, 0.5) is 5.69 Å². The van der Waals surface area contributed by atoms with Crippen molar-refractivity contribution in [2.75, 3.05) is 5.73 Å². The molecule has 2 aromatic carbocycles. The van der Waals surface area contributed by atoms with E-state index in [0.717, 1.165) is 22.3 Å². The average Bonchev–Trinajstić information content (AvgIpc) is 2.75. The van der Waals surface area contributed by atoms with Crippen LogP contribution in [0, 0.1) is 6.92 Å². The van der Waals surface area contributed by atoms with Crippen LogP contribution in [0.3, 0.4) is 0 Å². The molecular weight excluding hydrogens is 246 g/mol. The molecule has 0 spiro atoms. The number of aryl methyl sites for hydroxylation is 1. The van der Waals surface area contributed by atoms with Crippen LogP contribution in [0.1, 0.15) is 5.56 Å². The van der Waals surface area contributed by atoms with E-state index in [2.05, 4.69) is 13.0 Å². The molecule has 90 valence electrons. The van der Waals surface area contributed by atoms with Gasteiger partial charge < -0.3 is 10.2 Å². The van der Waals surface area contributed by atoms with Crippen LogP contribution in [0.25, 0.3) is 22.3 Å². The maximum absolute atomic E-state index is 5.91. The zero-order valence-corrected chi connectivity index (χ0v) is 10.7. The van der Waals surface area contributed by atoms with Crippen LogP contribution in [0.2, 0.25) is 5.02 Å². The molecule has 0 radical (unpaired) electrons. The molecule has 18 heavy (non-hydrogen) atoms. The van der Waals surface area contributed by atoms with Gasteiger partial charge in [-0.25, -0.2) is 0 Å². The lowest BCUT2D eigenvalue weighted by molar-refractivity contribution is 0.631. The molecule has 0 aliphatic carbocycles. The van der Waals surface area contributed by atoms with Gasteiger partial charge in [-0.3, -0.25) is 0 Å². The molecule has 0 bridgehead atoms. The lowest BCUT2D eigenvalue weighted by atomic mass is 10.1. The van der Waals surface area contributed by atoms with E-state index in [1.54, 1.807) is 6.07 Å². The molecule has 2 N–H and O–H groups in total. The number of anilines is 1. The minimum absolute atomic E-state index is 0.561. The molecule has 0 amide bonds. The van der Waals surface area contributed by atoms with Crippen molar-refractivity contribution in [3.8, 4) is 11.3 Å². The fourth-order valence-electron chi connectivity index (χ4n) is 2.00. The third kappa shape index (κ3) is 1.85. The third-order valence-corrected chi connectivity index (χ3v) is 3.30. The number of hydrogen-bond donors (Lipinski definition) is 1. The van der Waals surface area contributed by atoms with E-state index in [9.17, 15) is 0 Å². The minimum atomic E-state index is 0.561. The Labute approximate surface area is 110 Å². The van der Waals surface area contributed by atoms with Crippen molar-refractivity contribution in [3.63, 3.8) is 0 Å². The van der Waals surface area contributed by atoms with Gasteiger partial charge in [-0.15, -0.1) is 0 Å². The first-order valence-corrected chi connectivity index (χ1v) is 6.07. The molecule has 0 atom stereocenters. The highest BCUT2D eigenvalue weighted by Crippen LogP contribution is 2.31. The van der Waals surface area contributed by atoms with Gasteiger partial charge in [0.2, 0.25) is 0 Å². The quantitative estimate of drug-likeness (QED) is 0.645. The normalized spacial score (nSPS) is 11.0. The summed E-state index contributed by atoms with van der Waals surface area (Å²) >= 11 is 5.91. The molecule has 2 nitrogen and oxygen atoms in total. The predicted molar refractivity (Wildman–Crippen MR) is 75.8 cm³/mol. The van der Waals surface area contributed by atoms with E-state index < -0.39 is 0 Å². The van der Waals surface area contributed by atoms with Crippen molar-refractivity contribution >= 4 is 28.3 Å². The average molecular weight is 258 g/mol. The second kappa shape index (κ2) is 4.07. The first-order valence-electron chi connectivity index (χ1n) is 5.69. The van der Waals surface area contributed by atoms with Crippen molar-refractivity contribution in [1.29, 1.82) is 0 Å². The summed E-state index contributed by atoms with van der Waals surface area (Å²) < 4.78 is 5.81. The van der Waals surface area contributed by atoms with Gasteiger partial charge in [-0.05, 0) is 43.3 Å². The summed E-state index contributed by atoms with van der Waals surface area (Å²) in [5, 5.41) is 1.66. The van der Waals surface area contributed by atoms with Crippen molar-refractivity contribution in [3.05, 3.63) is 53.1 Å². The topological polar surface area (TPSA) is 39.2 Å². The van der Waals surface area contributed by atoms with Crippen LogP contribution in [0.5, 0.6) is 0 Å². The smallest absolute Gasteiger partial charge is 0.135 e. The van der Waals surface area contributed by atoms with Crippen molar-refractivity contribution in [2.45, 2.75) is 6.92 Å². The van der Waals surface area contributed by atoms with Gasteiger partial charge in [-0.2, -0.15) is 0 Å². The van der Waals surface area contributed by atoms with E-state index in [1.165, 1.54) is 5.56 Å². The molecule has 0 aliphatic heterocycles. The summed E-state index contributed by atoms with van der Waals surface area (Å²) in [5.41, 5.74) is 9.39. The molecule has 0 saturated carbocycles. The second-order valence-corrected chi connectivity index (χ2v) is 4.80. The van der Waals surface area contributed by atoms with Crippen molar-refractivity contribution < 1.29 is 4.42 Å². The third-order valence-electron chi connectivity index (χ3n) is 2.95. The Morgan fingerprint density at radius 2 is 1.89 bits per heavy atom. The number of benzene rings is 2. The highest BCUT2D eigenvalue weighted by atomic mass is 35.5. The Hall–Kier alpha value is -1.93. The van der Waals surface area contributed by atoms with Gasteiger partial charge in [-0.1, -0.05) is 23.2 Å². The summed E-state index contributed by atoms with van der Waals surface area (Å²) in [6, 6.07) is 13.6. The first-order chi connectivity index (χ1) is 8.63. The monoisotopic (exact) mass is 257 g/mol. The largest absolute Gasteiger partial charge is 0.456 e. The number of halogens is 1. The SMILES string of the molecule is Cc1ccc2oc(-c3ccc(Cl)c(N)c3)cc2c1. The van der Waals surface area contributed by atoms with E-state index in [4.69, 9.17) is 21.8 Å². The van der Waals surface area contributed by atoms with Gasteiger partial charge in [0.25, 0.3) is 0 Å². The molecular formula is C15H12ClNO. The number of nitrogens with two attached hydrogens (primary N) is 1. The summed E-state index contributed by atoms with van der Waals surface area (Å²) in [7, 11) is 0. The fourth-order valence-corrected chi connectivity index (χ4v) is 2.12. The number of fused-ring (bicyclic) bond motifs is 1. The summed E-state index contributed by atoms with van der Waals surface area (Å²) in [4.78, 5) is 0. The molecule has 1 heterocycles. The standard InChI is InChI=1S/C15H12ClNO/c1-9-2-5-14-11(6-9)8-15(18-14)10-3-4-12(16)13(17)7-10/h2-8H,17H2,1H3. The summed E-state index contributed by atoms with van der Waals surface area (Å²) in [5.74, 6) is 0.805. The Morgan fingerprint density at radius 3 is 2.67 bits per heavy atom. The summed E-state index contributed by atoms with van der Waals surface area (Å²) in [6.07, 6.45) is 0. The molecule has 0 fully saturated rings.